The van der Waals surface area contributed by atoms with Crippen LogP contribution < -0.4 is 5.32 Å². The largest absolute Gasteiger partial charge is 0.465 e. The van der Waals surface area contributed by atoms with Crippen molar-refractivity contribution in [2.45, 2.75) is 40.3 Å². The predicted molar refractivity (Wildman–Crippen MR) is 71.4 cm³/mol. The second-order valence-electron chi connectivity index (χ2n) is 4.82. The Morgan fingerprint density at radius 2 is 2.06 bits per heavy atom. The minimum absolute atomic E-state index is 0.206. The Balaban J connectivity index is 2.03. The van der Waals surface area contributed by atoms with Crippen LogP contribution in [0.4, 0.5) is 0 Å². The topological polar surface area (TPSA) is 43.0 Å². The molecule has 98 valence electrons. The molecule has 0 saturated carbocycles. The van der Waals surface area contributed by atoms with E-state index in [0.717, 1.165) is 23.8 Å². The van der Waals surface area contributed by atoms with E-state index in [0.29, 0.717) is 0 Å². The first-order valence-corrected chi connectivity index (χ1v) is 6.28. The number of aryl methyl sites for hydroxylation is 3. The molecular weight excluding hydrogens is 226 g/mol. The minimum atomic E-state index is 0.206. The number of rotatable bonds is 4. The van der Waals surface area contributed by atoms with Crippen LogP contribution in [0, 0.1) is 20.8 Å². The van der Waals surface area contributed by atoms with Gasteiger partial charge < -0.3 is 9.73 Å². The van der Waals surface area contributed by atoms with Gasteiger partial charge >= 0.3 is 0 Å². The van der Waals surface area contributed by atoms with E-state index >= 15 is 0 Å². The number of hydrogen-bond donors (Lipinski definition) is 1. The third kappa shape index (κ3) is 2.48. The van der Waals surface area contributed by atoms with Crippen LogP contribution in [0.25, 0.3) is 0 Å². The number of hydrogen-bond acceptors (Lipinski definition) is 3. The van der Waals surface area contributed by atoms with E-state index in [9.17, 15) is 0 Å². The zero-order valence-corrected chi connectivity index (χ0v) is 11.7. The highest BCUT2D eigenvalue weighted by atomic mass is 16.3. The molecule has 1 N–H and O–H groups in total. The molecule has 2 heterocycles. The molecular formula is C14H21N3O. The molecule has 2 aromatic rings. The highest BCUT2D eigenvalue weighted by molar-refractivity contribution is 5.24. The maximum Gasteiger partial charge on any atom is 0.120 e. The molecule has 0 aromatic carbocycles. The third-order valence-corrected chi connectivity index (χ3v) is 3.43. The highest BCUT2D eigenvalue weighted by Gasteiger charge is 2.13. The molecule has 0 aliphatic carbocycles. The van der Waals surface area contributed by atoms with Gasteiger partial charge in [0.2, 0.25) is 0 Å². The quantitative estimate of drug-likeness (QED) is 0.903. The number of nitrogens with one attached hydrogen (secondary N) is 1. The first kappa shape index (κ1) is 12.9. The lowest BCUT2D eigenvalue weighted by Crippen LogP contribution is -2.18. The van der Waals surface area contributed by atoms with Crippen molar-refractivity contribution in [3.63, 3.8) is 0 Å². The lowest BCUT2D eigenvalue weighted by molar-refractivity contribution is 0.415. The van der Waals surface area contributed by atoms with Crippen LogP contribution in [0.1, 0.15) is 41.4 Å². The standard InChI is InChI=1S/C14H21N3O/c1-9-6-7-14(18-9)11(3)15-8-13-10(2)16-17(5)12(13)4/h6-7,11,15H,8H2,1-5H3. The molecule has 0 spiro atoms. The second kappa shape index (κ2) is 4.98. The number of nitrogens with zero attached hydrogens (tertiary/aromatic N) is 2. The highest BCUT2D eigenvalue weighted by Crippen LogP contribution is 2.18. The number of furan rings is 1. The summed E-state index contributed by atoms with van der Waals surface area (Å²) in [5.74, 6) is 1.93. The van der Waals surface area contributed by atoms with Crippen LogP contribution in [0.2, 0.25) is 0 Å². The molecule has 2 aromatic heterocycles. The van der Waals surface area contributed by atoms with Crippen LogP contribution in [0.15, 0.2) is 16.5 Å². The molecule has 0 saturated heterocycles. The average Bonchev–Trinajstić information content (AvgIpc) is 2.83. The van der Waals surface area contributed by atoms with Crippen molar-refractivity contribution in [2.75, 3.05) is 0 Å². The van der Waals surface area contributed by atoms with E-state index in [1.165, 1.54) is 11.3 Å². The lowest BCUT2D eigenvalue weighted by Gasteiger charge is -2.11. The summed E-state index contributed by atoms with van der Waals surface area (Å²) in [7, 11) is 1.98. The van der Waals surface area contributed by atoms with E-state index in [1.807, 2.05) is 37.7 Å². The molecule has 0 aliphatic rings. The summed E-state index contributed by atoms with van der Waals surface area (Å²) in [6.45, 7) is 9.03. The first-order valence-electron chi connectivity index (χ1n) is 6.28. The van der Waals surface area contributed by atoms with Gasteiger partial charge in [0.25, 0.3) is 0 Å². The van der Waals surface area contributed by atoms with Crippen LogP contribution in [-0.4, -0.2) is 9.78 Å². The van der Waals surface area contributed by atoms with Gasteiger partial charge in [-0.2, -0.15) is 5.10 Å². The summed E-state index contributed by atoms with van der Waals surface area (Å²) in [4.78, 5) is 0. The van der Waals surface area contributed by atoms with Crippen LogP contribution in [0.5, 0.6) is 0 Å². The molecule has 0 radical (unpaired) electrons. The van der Waals surface area contributed by atoms with E-state index in [1.54, 1.807) is 0 Å². The molecule has 2 rings (SSSR count). The monoisotopic (exact) mass is 247 g/mol. The van der Waals surface area contributed by atoms with Crippen molar-refractivity contribution in [3.05, 3.63) is 40.6 Å². The summed E-state index contributed by atoms with van der Waals surface area (Å²) < 4.78 is 7.54. The second-order valence-corrected chi connectivity index (χ2v) is 4.82. The third-order valence-electron chi connectivity index (χ3n) is 3.43. The maximum absolute atomic E-state index is 5.62. The Morgan fingerprint density at radius 3 is 2.56 bits per heavy atom. The Hall–Kier alpha value is -1.55. The average molecular weight is 247 g/mol. The summed E-state index contributed by atoms with van der Waals surface area (Å²) in [5, 5.41) is 7.90. The van der Waals surface area contributed by atoms with E-state index < -0.39 is 0 Å². The fourth-order valence-corrected chi connectivity index (χ4v) is 2.12. The van der Waals surface area contributed by atoms with E-state index in [4.69, 9.17) is 4.42 Å². The molecule has 1 unspecified atom stereocenters. The smallest absolute Gasteiger partial charge is 0.120 e. The summed E-state index contributed by atoms with van der Waals surface area (Å²) in [5.41, 5.74) is 3.57. The van der Waals surface area contributed by atoms with Crippen LogP contribution >= 0.6 is 0 Å². The number of aromatic nitrogens is 2. The van der Waals surface area contributed by atoms with Gasteiger partial charge in [0.1, 0.15) is 11.5 Å². The van der Waals surface area contributed by atoms with Crippen molar-refractivity contribution in [1.29, 1.82) is 0 Å². The van der Waals surface area contributed by atoms with Crippen LogP contribution in [-0.2, 0) is 13.6 Å². The first-order chi connectivity index (χ1) is 8.49. The molecule has 0 bridgehead atoms. The summed E-state index contributed by atoms with van der Waals surface area (Å²) in [6, 6.07) is 4.22. The van der Waals surface area contributed by atoms with E-state index in [-0.39, 0.29) is 6.04 Å². The summed E-state index contributed by atoms with van der Waals surface area (Å²) in [6.07, 6.45) is 0. The van der Waals surface area contributed by atoms with Crippen molar-refractivity contribution < 1.29 is 4.42 Å². The Kier molecular flexibility index (Phi) is 3.57. The Labute approximate surface area is 108 Å². The fraction of sp³-hybridized carbons (Fsp3) is 0.500. The Morgan fingerprint density at radius 1 is 1.33 bits per heavy atom. The van der Waals surface area contributed by atoms with Crippen molar-refractivity contribution in [2.24, 2.45) is 7.05 Å². The summed E-state index contributed by atoms with van der Waals surface area (Å²) >= 11 is 0. The van der Waals surface area contributed by atoms with Gasteiger partial charge in [0.15, 0.2) is 0 Å². The minimum Gasteiger partial charge on any atom is -0.465 e. The van der Waals surface area contributed by atoms with Crippen molar-refractivity contribution in [1.82, 2.24) is 15.1 Å². The molecule has 0 fully saturated rings. The van der Waals surface area contributed by atoms with Gasteiger partial charge in [-0.25, -0.2) is 0 Å². The van der Waals surface area contributed by atoms with Gasteiger partial charge in [-0.05, 0) is 39.8 Å². The van der Waals surface area contributed by atoms with Gasteiger partial charge in [-0.15, -0.1) is 0 Å². The molecule has 0 amide bonds. The lowest BCUT2D eigenvalue weighted by atomic mass is 10.1. The van der Waals surface area contributed by atoms with Gasteiger partial charge in [-0.1, -0.05) is 0 Å². The molecule has 1 atom stereocenters. The van der Waals surface area contributed by atoms with Gasteiger partial charge in [0.05, 0.1) is 11.7 Å². The zero-order chi connectivity index (χ0) is 13.3. The fourth-order valence-electron chi connectivity index (χ4n) is 2.12. The van der Waals surface area contributed by atoms with E-state index in [2.05, 4.69) is 24.3 Å². The predicted octanol–water partition coefficient (Wildman–Crippen LogP) is 2.79. The molecule has 18 heavy (non-hydrogen) atoms. The van der Waals surface area contributed by atoms with Gasteiger partial charge in [-0.3, -0.25) is 4.68 Å². The molecule has 4 nitrogen and oxygen atoms in total. The maximum atomic E-state index is 5.62. The Bertz CT molecular complexity index is 539. The van der Waals surface area contributed by atoms with Gasteiger partial charge in [0, 0.05) is 24.8 Å². The SMILES string of the molecule is Cc1ccc(C(C)NCc2c(C)nn(C)c2C)o1. The zero-order valence-electron chi connectivity index (χ0n) is 11.7. The van der Waals surface area contributed by atoms with Crippen molar-refractivity contribution in [3.8, 4) is 0 Å². The molecule has 4 heteroatoms. The normalized spacial score (nSPS) is 12.9. The van der Waals surface area contributed by atoms with Crippen molar-refractivity contribution >= 4 is 0 Å². The molecule has 0 aliphatic heterocycles. The van der Waals surface area contributed by atoms with Crippen LogP contribution in [0.3, 0.4) is 0 Å².